The number of ether oxygens (including phenoxy) is 1. The lowest BCUT2D eigenvalue weighted by molar-refractivity contribution is -0.485. The monoisotopic (exact) mass is 796 g/mol. The first-order chi connectivity index (χ1) is 20.8. The number of halogens is 27. The molecule has 292 valence electrons. The minimum Gasteiger partial charge on any atom is -0.465 e. The Morgan fingerprint density at radius 2 is 0.653 bits per heavy atom. The Labute approximate surface area is 251 Å². The van der Waals surface area contributed by atoms with Crippen LogP contribution in [-0.2, 0) is 9.53 Å². The molecule has 0 aromatic heterocycles. The molecule has 49 heavy (non-hydrogen) atoms. The van der Waals surface area contributed by atoms with Gasteiger partial charge in [0.25, 0.3) is 0 Å². The standard InChI is InChI=1S/C20H11F27O2/c1-6(2)5-7(48)49-4-3-8(21,22)9(23,24)10(25,26)11(27,28)12(29,30)13(31,32)14(33,34)15(35,36)16(37,38)17(39,40)18(41,42)19(43,44)20(45,46)47/h1,3-5H2,2H3. The Balaban J connectivity index is 7.16. The van der Waals surface area contributed by atoms with Crippen molar-refractivity contribution in [1.82, 2.24) is 0 Å². The number of hydrogen-bond donors (Lipinski definition) is 0. The van der Waals surface area contributed by atoms with Crippen LogP contribution in [0.5, 0.6) is 0 Å². The van der Waals surface area contributed by atoms with Gasteiger partial charge in [-0.3, -0.25) is 4.79 Å². The Kier molecular flexibility index (Phi) is 11.6. The molecular weight excluding hydrogens is 785 g/mol. The van der Waals surface area contributed by atoms with Gasteiger partial charge in [0.15, 0.2) is 0 Å². The smallest absolute Gasteiger partial charge is 0.460 e. The molecule has 0 N–H and O–H groups in total. The van der Waals surface area contributed by atoms with Crippen LogP contribution in [0.25, 0.3) is 0 Å². The highest BCUT2D eigenvalue weighted by molar-refractivity contribution is 5.72. The zero-order chi connectivity index (χ0) is 40.5. The van der Waals surface area contributed by atoms with Gasteiger partial charge in [-0.15, -0.1) is 0 Å². The maximum atomic E-state index is 13.9. The van der Waals surface area contributed by atoms with Crippen molar-refractivity contribution in [2.24, 2.45) is 0 Å². The predicted molar refractivity (Wildman–Crippen MR) is 100 cm³/mol. The van der Waals surface area contributed by atoms with Crippen molar-refractivity contribution >= 4 is 5.97 Å². The average molecular weight is 796 g/mol. The van der Waals surface area contributed by atoms with Crippen LogP contribution in [0, 0.1) is 0 Å². The second kappa shape index (κ2) is 12.2. The van der Waals surface area contributed by atoms with E-state index in [0.717, 1.165) is 6.92 Å². The van der Waals surface area contributed by atoms with Crippen LogP contribution >= 0.6 is 0 Å². The summed E-state index contributed by atoms with van der Waals surface area (Å²) in [6.07, 6.45) is -12.4. The summed E-state index contributed by atoms with van der Waals surface area (Å²) in [4.78, 5) is 11.1. The second-order valence-corrected chi connectivity index (χ2v) is 9.62. The van der Waals surface area contributed by atoms with Gasteiger partial charge in [-0.25, -0.2) is 0 Å². The summed E-state index contributed by atoms with van der Waals surface area (Å²) in [6, 6.07) is 0. The van der Waals surface area contributed by atoms with E-state index in [-0.39, 0.29) is 5.57 Å². The van der Waals surface area contributed by atoms with E-state index in [1.165, 1.54) is 0 Å². The number of alkyl halides is 27. The highest BCUT2D eigenvalue weighted by Gasteiger charge is 3.00. The van der Waals surface area contributed by atoms with Gasteiger partial charge >= 0.3 is 83.2 Å². The van der Waals surface area contributed by atoms with E-state index in [1.54, 1.807) is 0 Å². The molecule has 0 aliphatic heterocycles. The van der Waals surface area contributed by atoms with E-state index in [4.69, 9.17) is 0 Å². The first-order valence-corrected chi connectivity index (χ1v) is 11.2. The van der Waals surface area contributed by atoms with Crippen LogP contribution in [0.3, 0.4) is 0 Å². The van der Waals surface area contributed by atoms with Gasteiger partial charge in [0.05, 0.1) is 19.4 Å². The fourth-order valence-electron chi connectivity index (χ4n) is 2.93. The van der Waals surface area contributed by atoms with Gasteiger partial charge in [0, 0.05) is 0 Å². The van der Waals surface area contributed by atoms with E-state index in [2.05, 4.69) is 11.3 Å². The van der Waals surface area contributed by atoms with Crippen molar-refractivity contribution in [2.75, 3.05) is 6.61 Å². The largest absolute Gasteiger partial charge is 0.465 e. The molecule has 2 nitrogen and oxygen atoms in total. The molecule has 0 fully saturated rings. The molecule has 0 bridgehead atoms. The lowest BCUT2D eigenvalue weighted by Gasteiger charge is -2.46. The molecule has 0 saturated carbocycles. The third-order valence-corrected chi connectivity index (χ3v) is 5.88. The fourth-order valence-corrected chi connectivity index (χ4v) is 2.93. The zero-order valence-corrected chi connectivity index (χ0v) is 22.3. The summed E-state index contributed by atoms with van der Waals surface area (Å²) in [5.41, 5.74) is -0.187. The van der Waals surface area contributed by atoms with E-state index in [1.807, 2.05) is 0 Å². The van der Waals surface area contributed by atoms with Crippen molar-refractivity contribution in [3.8, 4) is 0 Å². The van der Waals surface area contributed by atoms with Crippen molar-refractivity contribution in [3.05, 3.63) is 12.2 Å². The number of carbonyl (C=O) groups excluding carboxylic acids is 1. The summed E-state index contributed by atoms with van der Waals surface area (Å²) in [5, 5.41) is 0. The van der Waals surface area contributed by atoms with Crippen molar-refractivity contribution < 1.29 is 128 Å². The molecule has 0 heterocycles. The Morgan fingerprint density at radius 3 is 0.878 bits per heavy atom. The molecule has 0 aliphatic rings. The van der Waals surface area contributed by atoms with Crippen LogP contribution in [0.4, 0.5) is 119 Å². The summed E-state index contributed by atoms with van der Waals surface area (Å²) in [6.45, 7) is 1.75. The summed E-state index contributed by atoms with van der Waals surface area (Å²) in [7, 11) is 0. The third kappa shape index (κ3) is 6.29. The highest BCUT2D eigenvalue weighted by Crippen LogP contribution is 2.68. The van der Waals surface area contributed by atoms with Crippen LogP contribution in [0.1, 0.15) is 19.8 Å². The second-order valence-electron chi connectivity index (χ2n) is 9.62. The minimum atomic E-state index is -9.81. The number of hydrogen-bond acceptors (Lipinski definition) is 2. The predicted octanol–water partition coefficient (Wildman–Crippen LogP) is 10.1. The number of rotatable bonds is 16. The summed E-state index contributed by atoms with van der Waals surface area (Å²) >= 11 is 0. The molecule has 0 aromatic rings. The molecule has 0 aliphatic carbocycles. The molecule has 0 saturated heterocycles. The molecule has 0 amide bonds. The maximum Gasteiger partial charge on any atom is 0.460 e. The Morgan fingerprint density at radius 1 is 0.429 bits per heavy atom. The SMILES string of the molecule is C=C(C)CC(=O)OCCC(F)(F)C(F)(F)C(F)(F)C(F)(F)C(F)(F)C(F)(F)C(F)(F)C(F)(F)C(F)(F)C(F)(F)C(F)(F)C(F)(F)C(F)(F)F. The summed E-state index contributed by atoms with van der Waals surface area (Å²) < 4.78 is 367. The van der Waals surface area contributed by atoms with E-state index in [0.29, 0.717) is 0 Å². The molecule has 0 radical (unpaired) electrons. The van der Waals surface area contributed by atoms with Crippen LogP contribution < -0.4 is 0 Å². The number of carbonyl (C=O) groups is 1. The Hall–Kier alpha value is -2.68. The molecular formula is C20H11F27O2. The third-order valence-electron chi connectivity index (χ3n) is 5.88. The van der Waals surface area contributed by atoms with Crippen LogP contribution in [0.2, 0.25) is 0 Å². The van der Waals surface area contributed by atoms with Gasteiger partial charge in [0.1, 0.15) is 0 Å². The first-order valence-electron chi connectivity index (χ1n) is 11.2. The van der Waals surface area contributed by atoms with E-state index in [9.17, 15) is 123 Å². The highest BCUT2D eigenvalue weighted by atomic mass is 19.4. The molecule has 29 heteroatoms. The van der Waals surface area contributed by atoms with E-state index < -0.39 is 103 Å². The fraction of sp³-hybridized carbons (Fsp3) is 0.850. The average Bonchev–Trinajstić information content (AvgIpc) is 2.85. The van der Waals surface area contributed by atoms with Crippen molar-refractivity contribution in [2.45, 2.75) is 97.0 Å². The molecule has 0 spiro atoms. The van der Waals surface area contributed by atoms with Crippen LogP contribution in [-0.4, -0.2) is 89.8 Å². The van der Waals surface area contributed by atoms with Gasteiger partial charge in [-0.05, 0) is 6.92 Å². The molecule has 0 atom stereocenters. The zero-order valence-electron chi connectivity index (χ0n) is 22.3. The quantitative estimate of drug-likeness (QED) is 0.0884. The molecule has 0 aromatic carbocycles. The van der Waals surface area contributed by atoms with Gasteiger partial charge in [-0.2, -0.15) is 119 Å². The van der Waals surface area contributed by atoms with Gasteiger partial charge in [-0.1, -0.05) is 12.2 Å². The maximum absolute atomic E-state index is 13.9. The number of esters is 1. The van der Waals surface area contributed by atoms with Gasteiger partial charge < -0.3 is 4.74 Å². The van der Waals surface area contributed by atoms with Crippen LogP contribution in [0.15, 0.2) is 12.2 Å². The van der Waals surface area contributed by atoms with Crippen molar-refractivity contribution in [3.63, 3.8) is 0 Å². The van der Waals surface area contributed by atoms with Crippen molar-refractivity contribution in [1.29, 1.82) is 0 Å². The first kappa shape index (κ1) is 46.3. The molecule has 0 unspecified atom stereocenters. The topological polar surface area (TPSA) is 26.3 Å². The Bertz CT molecular complexity index is 1230. The minimum absolute atomic E-state index is 0.187. The van der Waals surface area contributed by atoms with Gasteiger partial charge in [0.2, 0.25) is 0 Å². The van der Waals surface area contributed by atoms with E-state index >= 15 is 0 Å². The lowest BCUT2D eigenvalue weighted by Crippen LogP contribution is -2.78. The molecule has 0 rings (SSSR count). The summed E-state index contributed by atoms with van der Waals surface area (Å²) in [5.74, 6) is -112. The normalized spacial score (nSPS) is 16.2. The lowest BCUT2D eigenvalue weighted by atomic mass is 9.83.